The number of thiazole rings is 1. The molecule has 2 heterocycles. The van der Waals surface area contributed by atoms with Gasteiger partial charge in [-0.15, -0.1) is 12.4 Å². The average molecular weight is 296 g/mol. The molecule has 19 heavy (non-hydrogen) atoms. The van der Waals surface area contributed by atoms with E-state index in [4.69, 9.17) is 0 Å². The summed E-state index contributed by atoms with van der Waals surface area (Å²) in [5.41, 5.74) is 0.852. The number of halogens is 1. The number of pyridine rings is 1. The second-order valence-electron chi connectivity index (χ2n) is 4.52. The van der Waals surface area contributed by atoms with Crippen LogP contribution in [0.25, 0.3) is 21.1 Å². The fraction of sp³-hybridized carbons (Fsp3) is 0.231. The van der Waals surface area contributed by atoms with E-state index in [0.717, 1.165) is 27.3 Å². The third-order valence-corrected chi connectivity index (χ3v) is 3.73. The Kier molecular flexibility index (Phi) is 3.89. The summed E-state index contributed by atoms with van der Waals surface area (Å²) < 4.78 is 0. The largest absolute Gasteiger partial charge is 0.312 e. The van der Waals surface area contributed by atoms with Crippen molar-refractivity contribution in [3.8, 4) is 0 Å². The third-order valence-electron chi connectivity index (χ3n) is 2.78. The highest BCUT2D eigenvalue weighted by Crippen LogP contribution is 2.25. The van der Waals surface area contributed by atoms with Crippen LogP contribution >= 0.6 is 23.7 Å². The van der Waals surface area contributed by atoms with Crippen LogP contribution < -0.4 is 5.56 Å². The lowest BCUT2D eigenvalue weighted by molar-refractivity contribution is 0.402. The average Bonchev–Trinajstić information content (AvgIpc) is 2.71. The lowest BCUT2D eigenvalue weighted by atomic mass is 10.1. The molecule has 0 aliphatic rings. The van der Waals surface area contributed by atoms with E-state index < -0.39 is 0 Å². The Morgan fingerprint density at radius 3 is 2.63 bits per heavy atom. The van der Waals surface area contributed by atoms with Gasteiger partial charge in [0.2, 0.25) is 0 Å². The lowest BCUT2D eigenvalue weighted by Gasteiger charge is -2.04. The molecule has 6 heteroatoms. The van der Waals surface area contributed by atoms with E-state index in [1.54, 1.807) is 11.3 Å². The maximum absolute atomic E-state index is 11.9. The van der Waals surface area contributed by atoms with Crippen LogP contribution in [0.2, 0.25) is 0 Å². The van der Waals surface area contributed by atoms with Crippen molar-refractivity contribution < 1.29 is 0 Å². The van der Waals surface area contributed by atoms with E-state index in [2.05, 4.69) is 14.9 Å². The van der Waals surface area contributed by atoms with Crippen LogP contribution in [0, 0.1) is 0 Å². The van der Waals surface area contributed by atoms with Crippen LogP contribution in [0.4, 0.5) is 0 Å². The van der Waals surface area contributed by atoms with Gasteiger partial charge in [0, 0.05) is 17.3 Å². The highest BCUT2D eigenvalue weighted by molar-refractivity contribution is 7.18. The molecule has 100 valence electrons. The first kappa shape index (κ1) is 14.0. The minimum absolute atomic E-state index is 0. The molecule has 3 aromatic rings. The summed E-state index contributed by atoms with van der Waals surface area (Å²) in [5.74, 6) is 0. The highest BCUT2D eigenvalue weighted by Gasteiger charge is 2.10. The molecule has 0 saturated carbocycles. The molecular weight excluding hydrogens is 282 g/mol. The fourth-order valence-corrected chi connectivity index (χ4v) is 3.12. The molecule has 0 atom stereocenters. The summed E-state index contributed by atoms with van der Waals surface area (Å²) in [7, 11) is 4.01. The van der Waals surface area contributed by atoms with E-state index in [9.17, 15) is 4.79 Å². The minimum atomic E-state index is -0.0434. The van der Waals surface area contributed by atoms with Crippen molar-refractivity contribution >= 4 is 44.9 Å². The third kappa shape index (κ3) is 2.49. The molecular formula is C13H14ClN3OS. The number of rotatable bonds is 2. The predicted molar refractivity (Wildman–Crippen MR) is 82.4 cm³/mol. The molecule has 0 bridgehead atoms. The van der Waals surface area contributed by atoms with E-state index in [1.807, 2.05) is 38.4 Å². The summed E-state index contributed by atoms with van der Waals surface area (Å²) in [4.78, 5) is 22.4. The van der Waals surface area contributed by atoms with Gasteiger partial charge in [-0.3, -0.25) is 4.79 Å². The standard InChI is InChI=1S/C13H13N3OS.ClH/c1-16(2)7-10-14-11-8-5-3-4-6-9(8)12(17)15-13(11)18-10;/h3-6H,7H2,1-2H3,(H,15,17);1H. The van der Waals surface area contributed by atoms with Crippen molar-refractivity contribution in [2.24, 2.45) is 0 Å². The minimum Gasteiger partial charge on any atom is -0.312 e. The Morgan fingerprint density at radius 1 is 1.26 bits per heavy atom. The van der Waals surface area contributed by atoms with Gasteiger partial charge in [0.15, 0.2) is 0 Å². The Labute approximate surface area is 120 Å². The second-order valence-corrected chi connectivity index (χ2v) is 5.61. The molecule has 0 radical (unpaired) electrons. The molecule has 0 amide bonds. The van der Waals surface area contributed by atoms with Crippen LogP contribution in [0.5, 0.6) is 0 Å². The zero-order chi connectivity index (χ0) is 12.7. The van der Waals surface area contributed by atoms with Gasteiger partial charge in [0.25, 0.3) is 5.56 Å². The molecule has 3 rings (SSSR count). The number of benzene rings is 1. The van der Waals surface area contributed by atoms with Gasteiger partial charge in [-0.25, -0.2) is 4.98 Å². The Hall–Kier alpha value is -1.43. The molecule has 0 aliphatic heterocycles. The number of aromatic amines is 1. The van der Waals surface area contributed by atoms with Gasteiger partial charge in [-0.05, 0) is 20.2 Å². The van der Waals surface area contributed by atoms with Crippen LogP contribution in [0.15, 0.2) is 29.1 Å². The Balaban J connectivity index is 0.00000133. The monoisotopic (exact) mass is 295 g/mol. The van der Waals surface area contributed by atoms with Crippen LogP contribution in [-0.2, 0) is 6.54 Å². The van der Waals surface area contributed by atoms with Crippen molar-refractivity contribution in [3.05, 3.63) is 39.6 Å². The second kappa shape index (κ2) is 5.28. The van der Waals surface area contributed by atoms with Gasteiger partial charge in [-0.1, -0.05) is 29.5 Å². The first-order chi connectivity index (χ1) is 8.65. The van der Waals surface area contributed by atoms with Gasteiger partial charge in [0.05, 0.1) is 0 Å². The molecule has 0 spiro atoms. The molecule has 2 aromatic heterocycles. The first-order valence-electron chi connectivity index (χ1n) is 5.70. The number of nitrogens with zero attached hydrogens (tertiary/aromatic N) is 2. The number of aromatic nitrogens is 2. The van der Waals surface area contributed by atoms with Gasteiger partial charge < -0.3 is 9.88 Å². The number of nitrogens with one attached hydrogen (secondary N) is 1. The number of hydrogen-bond donors (Lipinski definition) is 1. The maximum Gasteiger partial charge on any atom is 0.257 e. The quantitative estimate of drug-likeness (QED) is 0.790. The van der Waals surface area contributed by atoms with Crippen molar-refractivity contribution in [3.63, 3.8) is 0 Å². The smallest absolute Gasteiger partial charge is 0.257 e. The number of fused-ring (bicyclic) bond motifs is 3. The van der Waals surface area contributed by atoms with Crippen LogP contribution in [0.1, 0.15) is 5.01 Å². The predicted octanol–water partition coefficient (Wildman–Crippen LogP) is 2.62. The number of H-pyrrole nitrogens is 1. The van der Waals surface area contributed by atoms with Crippen molar-refractivity contribution in [2.75, 3.05) is 14.1 Å². The van der Waals surface area contributed by atoms with E-state index in [-0.39, 0.29) is 18.0 Å². The zero-order valence-electron chi connectivity index (χ0n) is 10.6. The van der Waals surface area contributed by atoms with Crippen LogP contribution in [-0.4, -0.2) is 29.0 Å². The summed E-state index contributed by atoms with van der Waals surface area (Å²) in [6.45, 7) is 0.787. The Bertz CT molecular complexity index is 778. The topological polar surface area (TPSA) is 49.0 Å². The maximum atomic E-state index is 11.9. The summed E-state index contributed by atoms with van der Waals surface area (Å²) in [6, 6.07) is 7.59. The SMILES string of the molecule is CN(C)Cc1nc2c([nH]c(=O)c3ccccc32)s1.Cl. The molecule has 0 unspecified atom stereocenters. The highest BCUT2D eigenvalue weighted by atomic mass is 35.5. The molecule has 4 nitrogen and oxygen atoms in total. The fourth-order valence-electron chi connectivity index (χ4n) is 2.03. The van der Waals surface area contributed by atoms with Gasteiger partial charge in [0.1, 0.15) is 15.4 Å². The van der Waals surface area contributed by atoms with E-state index in [0.29, 0.717) is 5.39 Å². The van der Waals surface area contributed by atoms with Gasteiger partial charge >= 0.3 is 0 Å². The van der Waals surface area contributed by atoms with Crippen molar-refractivity contribution in [2.45, 2.75) is 6.54 Å². The Morgan fingerprint density at radius 2 is 1.95 bits per heavy atom. The summed E-state index contributed by atoms with van der Waals surface area (Å²) in [6.07, 6.45) is 0. The molecule has 1 N–H and O–H groups in total. The molecule has 0 aliphatic carbocycles. The van der Waals surface area contributed by atoms with Crippen LogP contribution in [0.3, 0.4) is 0 Å². The summed E-state index contributed by atoms with van der Waals surface area (Å²) >= 11 is 1.55. The zero-order valence-corrected chi connectivity index (χ0v) is 12.3. The normalized spacial score (nSPS) is 11.1. The number of hydrogen-bond acceptors (Lipinski definition) is 4. The molecule has 1 aromatic carbocycles. The summed E-state index contributed by atoms with van der Waals surface area (Å²) in [5, 5.41) is 2.64. The molecule has 0 fully saturated rings. The van der Waals surface area contributed by atoms with Gasteiger partial charge in [-0.2, -0.15) is 0 Å². The lowest BCUT2D eigenvalue weighted by Crippen LogP contribution is -2.10. The van der Waals surface area contributed by atoms with E-state index >= 15 is 0 Å². The van der Waals surface area contributed by atoms with E-state index in [1.165, 1.54) is 0 Å². The molecule has 0 saturated heterocycles. The van der Waals surface area contributed by atoms with Crippen molar-refractivity contribution in [1.82, 2.24) is 14.9 Å². The van der Waals surface area contributed by atoms with Crippen molar-refractivity contribution in [1.29, 1.82) is 0 Å². The first-order valence-corrected chi connectivity index (χ1v) is 6.52.